The van der Waals surface area contributed by atoms with Crippen molar-refractivity contribution in [2.75, 3.05) is 19.0 Å². The zero-order chi connectivity index (χ0) is 21.0. The summed E-state index contributed by atoms with van der Waals surface area (Å²) in [5, 5.41) is 0.655. The molecule has 150 valence electrons. The number of halogens is 1. The standard InChI is InChI=1S/C22H18ClN5OS/c1-26(2)22-25-16-9-8-13(10-18(16)27(22)3)28-12-24-17-11-19(30-20(17)21(28)29)14-6-4-5-7-15(14)23/h4-12H,1-3H3. The van der Waals surface area contributed by atoms with Crippen molar-refractivity contribution in [3.05, 3.63) is 70.2 Å². The summed E-state index contributed by atoms with van der Waals surface area (Å²) in [7, 11) is 5.88. The summed E-state index contributed by atoms with van der Waals surface area (Å²) in [6.07, 6.45) is 1.58. The van der Waals surface area contributed by atoms with Crippen molar-refractivity contribution in [1.82, 2.24) is 19.1 Å². The van der Waals surface area contributed by atoms with Crippen LogP contribution in [0.4, 0.5) is 5.95 Å². The molecule has 6 nitrogen and oxygen atoms in total. The van der Waals surface area contributed by atoms with Gasteiger partial charge in [0, 0.05) is 36.6 Å². The fraction of sp³-hybridized carbons (Fsp3) is 0.136. The van der Waals surface area contributed by atoms with Crippen molar-refractivity contribution < 1.29 is 0 Å². The van der Waals surface area contributed by atoms with E-state index in [4.69, 9.17) is 11.6 Å². The third-order valence-electron chi connectivity index (χ3n) is 5.10. The maximum absolute atomic E-state index is 13.3. The number of hydrogen-bond donors (Lipinski definition) is 0. The number of hydrogen-bond acceptors (Lipinski definition) is 5. The van der Waals surface area contributed by atoms with E-state index >= 15 is 0 Å². The summed E-state index contributed by atoms with van der Waals surface area (Å²) in [4.78, 5) is 25.3. The lowest BCUT2D eigenvalue weighted by molar-refractivity contribution is 0.888. The Morgan fingerprint density at radius 1 is 1.07 bits per heavy atom. The lowest BCUT2D eigenvalue weighted by Gasteiger charge is -2.11. The van der Waals surface area contributed by atoms with Crippen LogP contribution in [0.5, 0.6) is 0 Å². The molecule has 8 heteroatoms. The van der Waals surface area contributed by atoms with Crippen LogP contribution < -0.4 is 10.5 Å². The molecule has 0 amide bonds. The van der Waals surface area contributed by atoms with Crippen molar-refractivity contribution in [2.45, 2.75) is 0 Å². The Morgan fingerprint density at radius 3 is 2.63 bits per heavy atom. The van der Waals surface area contributed by atoms with E-state index in [0.29, 0.717) is 15.2 Å². The van der Waals surface area contributed by atoms with Crippen molar-refractivity contribution in [3.8, 4) is 16.1 Å². The van der Waals surface area contributed by atoms with E-state index in [0.717, 1.165) is 33.1 Å². The number of fused-ring (bicyclic) bond motifs is 2. The molecule has 0 radical (unpaired) electrons. The Bertz CT molecular complexity index is 1480. The summed E-state index contributed by atoms with van der Waals surface area (Å²) in [6.45, 7) is 0. The summed E-state index contributed by atoms with van der Waals surface area (Å²) < 4.78 is 4.19. The van der Waals surface area contributed by atoms with Crippen LogP contribution in [0.3, 0.4) is 0 Å². The topological polar surface area (TPSA) is 56.0 Å². The van der Waals surface area contributed by atoms with Gasteiger partial charge in [-0.3, -0.25) is 9.36 Å². The molecule has 30 heavy (non-hydrogen) atoms. The second kappa shape index (κ2) is 6.97. The van der Waals surface area contributed by atoms with Gasteiger partial charge in [-0.05, 0) is 30.3 Å². The van der Waals surface area contributed by atoms with Gasteiger partial charge < -0.3 is 9.47 Å². The lowest BCUT2D eigenvalue weighted by Crippen LogP contribution is -2.17. The second-order valence-electron chi connectivity index (χ2n) is 7.26. The van der Waals surface area contributed by atoms with Crippen molar-refractivity contribution >= 4 is 50.1 Å². The summed E-state index contributed by atoms with van der Waals surface area (Å²) in [6, 6.07) is 15.3. The van der Waals surface area contributed by atoms with Gasteiger partial charge >= 0.3 is 0 Å². The molecule has 0 bridgehead atoms. The number of rotatable bonds is 3. The van der Waals surface area contributed by atoms with Crippen LogP contribution in [-0.4, -0.2) is 33.2 Å². The fourth-order valence-electron chi connectivity index (χ4n) is 3.61. The van der Waals surface area contributed by atoms with E-state index in [1.54, 1.807) is 10.9 Å². The smallest absolute Gasteiger partial charge is 0.275 e. The molecule has 0 aliphatic heterocycles. The molecule has 5 aromatic rings. The number of imidazole rings is 1. The van der Waals surface area contributed by atoms with E-state index in [-0.39, 0.29) is 5.56 Å². The molecule has 2 aromatic carbocycles. The average Bonchev–Trinajstić information content (AvgIpc) is 3.31. The molecule has 3 heterocycles. The van der Waals surface area contributed by atoms with Gasteiger partial charge in [-0.15, -0.1) is 11.3 Å². The first-order valence-corrected chi connectivity index (χ1v) is 10.5. The highest BCUT2D eigenvalue weighted by molar-refractivity contribution is 7.22. The molecule has 5 rings (SSSR count). The molecule has 0 fully saturated rings. The van der Waals surface area contributed by atoms with Gasteiger partial charge in [0.15, 0.2) is 0 Å². The van der Waals surface area contributed by atoms with Crippen LogP contribution >= 0.6 is 22.9 Å². The minimum Gasteiger partial charge on any atom is -0.348 e. The number of thiophene rings is 1. The van der Waals surface area contributed by atoms with Crippen LogP contribution in [-0.2, 0) is 7.05 Å². The molecular formula is C22H18ClN5OS. The highest BCUT2D eigenvalue weighted by atomic mass is 35.5. The first-order valence-electron chi connectivity index (χ1n) is 9.34. The van der Waals surface area contributed by atoms with Gasteiger partial charge in [-0.2, -0.15) is 0 Å². The fourth-order valence-corrected chi connectivity index (χ4v) is 4.98. The Morgan fingerprint density at radius 2 is 1.87 bits per heavy atom. The molecule has 0 N–H and O–H groups in total. The minimum absolute atomic E-state index is 0.0994. The number of aromatic nitrogens is 4. The molecule has 0 saturated carbocycles. The van der Waals surface area contributed by atoms with Crippen LogP contribution in [0, 0.1) is 0 Å². The zero-order valence-electron chi connectivity index (χ0n) is 16.6. The van der Waals surface area contributed by atoms with Crippen molar-refractivity contribution in [2.24, 2.45) is 7.05 Å². The monoisotopic (exact) mass is 435 g/mol. The molecule has 0 spiro atoms. The van der Waals surface area contributed by atoms with Crippen LogP contribution in [0.1, 0.15) is 0 Å². The van der Waals surface area contributed by atoms with E-state index in [1.165, 1.54) is 11.3 Å². The normalized spacial score (nSPS) is 11.5. The summed E-state index contributed by atoms with van der Waals surface area (Å²) >= 11 is 7.75. The lowest BCUT2D eigenvalue weighted by atomic mass is 10.2. The maximum Gasteiger partial charge on any atom is 0.275 e. The van der Waals surface area contributed by atoms with Gasteiger partial charge in [0.2, 0.25) is 5.95 Å². The Hall–Kier alpha value is -3.16. The Balaban J connectivity index is 1.66. The van der Waals surface area contributed by atoms with Crippen LogP contribution in [0.15, 0.2) is 59.7 Å². The van der Waals surface area contributed by atoms with Gasteiger partial charge in [0.1, 0.15) is 11.0 Å². The Kier molecular flexibility index (Phi) is 4.38. The molecule has 0 atom stereocenters. The van der Waals surface area contributed by atoms with E-state index in [2.05, 4.69) is 9.97 Å². The third-order valence-corrected chi connectivity index (χ3v) is 6.57. The summed E-state index contributed by atoms with van der Waals surface area (Å²) in [5.74, 6) is 0.853. The third kappa shape index (κ3) is 2.89. The second-order valence-corrected chi connectivity index (χ2v) is 8.72. The predicted octanol–water partition coefficient (Wildman–Crippen LogP) is 4.72. The molecule has 3 aromatic heterocycles. The molecule has 0 saturated heterocycles. The van der Waals surface area contributed by atoms with Gasteiger partial charge in [0.25, 0.3) is 5.56 Å². The highest BCUT2D eigenvalue weighted by Gasteiger charge is 2.15. The molecule has 0 unspecified atom stereocenters. The van der Waals surface area contributed by atoms with E-state index in [1.807, 2.05) is 79.1 Å². The Labute approximate surface area is 181 Å². The van der Waals surface area contributed by atoms with Gasteiger partial charge in [-0.25, -0.2) is 9.97 Å². The number of anilines is 1. The minimum atomic E-state index is -0.0994. The molecular weight excluding hydrogens is 418 g/mol. The summed E-state index contributed by atoms with van der Waals surface area (Å²) in [5.41, 5.74) is 4.06. The number of benzene rings is 2. The zero-order valence-corrected chi connectivity index (χ0v) is 18.2. The quantitative estimate of drug-likeness (QED) is 0.411. The van der Waals surface area contributed by atoms with Gasteiger partial charge in [-0.1, -0.05) is 29.8 Å². The SMILES string of the molecule is CN(C)c1nc2ccc(-n3cnc4cc(-c5ccccc5Cl)sc4c3=O)cc2n1C. The number of nitrogens with zero attached hydrogens (tertiary/aromatic N) is 5. The first kappa shape index (κ1) is 18.8. The van der Waals surface area contributed by atoms with E-state index < -0.39 is 0 Å². The predicted molar refractivity (Wildman–Crippen MR) is 124 cm³/mol. The highest BCUT2D eigenvalue weighted by Crippen LogP contribution is 2.35. The van der Waals surface area contributed by atoms with Crippen LogP contribution in [0.2, 0.25) is 5.02 Å². The molecule has 0 aliphatic rings. The maximum atomic E-state index is 13.3. The van der Waals surface area contributed by atoms with Gasteiger partial charge in [0.05, 0.1) is 22.2 Å². The van der Waals surface area contributed by atoms with E-state index in [9.17, 15) is 4.79 Å². The number of aryl methyl sites for hydroxylation is 1. The molecule has 0 aliphatic carbocycles. The van der Waals surface area contributed by atoms with Crippen molar-refractivity contribution in [3.63, 3.8) is 0 Å². The van der Waals surface area contributed by atoms with Crippen molar-refractivity contribution in [1.29, 1.82) is 0 Å². The first-order chi connectivity index (χ1) is 14.4. The largest absolute Gasteiger partial charge is 0.348 e. The van der Waals surface area contributed by atoms with Crippen LogP contribution in [0.25, 0.3) is 37.4 Å². The average molecular weight is 436 g/mol.